The molecule has 1 heterocycles. The zero-order valence-electron chi connectivity index (χ0n) is 6.71. The topological polar surface area (TPSA) is 26.3 Å². The summed E-state index contributed by atoms with van der Waals surface area (Å²) in [7, 11) is 0. The number of esters is 1. The summed E-state index contributed by atoms with van der Waals surface area (Å²) >= 11 is 0. The molecule has 2 aliphatic rings. The Labute approximate surface area is 66.9 Å². The second-order valence-corrected chi connectivity index (χ2v) is 3.63. The monoisotopic (exact) mass is 154 g/mol. The summed E-state index contributed by atoms with van der Waals surface area (Å²) in [5.41, 5.74) is 0. The Kier molecular flexibility index (Phi) is 1.84. The van der Waals surface area contributed by atoms with Crippen molar-refractivity contribution < 1.29 is 9.53 Å². The highest BCUT2D eigenvalue weighted by Gasteiger charge is 2.35. The van der Waals surface area contributed by atoms with Gasteiger partial charge in [0.1, 0.15) is 6.10 Å². The van der Waals surface area contributed by atoms with Crippen LogP contribution in [0.3, 0.4) is 0 Å². The molecule has 0 aromatic carbocycles. The minimum absolute atomic E-state index is 0.000531. The highest BCUT2D eigenvalue weighted by atomic mass is 16.6. The van der Waals surface area contributed by atoms with E-state index in [0.717, 1.165) is 0 Å². The van der Waals surface area contributed by atoms with Crippen molar-refractivity contribution in [2.75, 3.05) is 0 Å². The molecule has 1 atom stereocenters. The van der Waals surface area contributed by atoms with Crippen LogP contribution < -0.4 is 0 Å². The van der Waals surface area contributed by atoms with Gasteiger partial charge >= 0.3 is 5.97 Å². The third kappa shape index (κ3) is 1.39. The van der Waals surface area contributed by atoms with Gasteiger partial charge in [-0.2, -0.15) is 0 Å². The first-order valence-corrected chi connectivity index (χ1v) is 4.56. The summed E-state index contributed by atoms with van der Waals surface area (Å²) in [4.78, 5) is 10.5. The largest absolute Gasteiger partial charge is 0.461 e. The van der Waals surface area contributed by atoms with E-state index in [9.17, 15) is 4.79 Å². The minimum atomic E-state index is 0.000531. The van der Waals surface area contributed by atoms with E-state index in [1.54, 1.807) is 0 Å². The Balaban J connectivity index is 1.80. The number of hydrogen-bond donors (Lipinski definition) is 0. The average molecular weight is 154 g/mol. The number of rotatable bonds is 1. The summed E-state index contributed by atoms with van der Waals surface area (Å²) in [6.07, 6.45) is 7.57. The van der Waals surface area contributed by atoms with Crippen molar-refractivity contribution in [2.24, 2.45) is 5.92 Å². The molecule has 1 saturated heterocycles. The molecule has 2 rings (SSSR count). The maximum Gasteiger partial charge on any atom is 0.309 e. The summed E-state index contributed by atoms with van der Waals surface area (Å²) in [5, 5.41) is 0. The van der Waals surface area contributed by atoms with Gasteiger partial charge in [-0.1, -0.05) is 19.3 Å². The van der Waals surface area contributed by atoms with Crippen LogP contribution in [0.2, 0.25) is 0 Å². The van der Waals surface area contributed by atoms with Crippen molar-refractivity contribution in [3.05, 3.63) is 0 Å². The van der Waals surface area contributed by atoms with Crippen LogP contribution in [0.5, 0.6) is 0 Å². The Bertz CT molecular complexity index is 151. The van der Waals surface area contributed by atoms with Gasteiger partial charge in [-0.25, -0.2) is 0 Å². The molecule has 0 aromatic heterocycles. The lowest BCUT2D eigenvalue weighted by Gasteiger charge is -2.35. The van der Waals surface area contributed by atoms with Gasteiger partial charge in [-0.3, -0.25) is 4.79 Å². The van der Waals surface area contributed by atoms with Crippen molar-refractivity contribution in [3.63, 3.8) is 0 Å². The lowest BCUT2D eigenvalue weighted by atomic mass is 9.82. The third-order valence-electron chi connectivity index (χ3n) is 2.83. The van der Waals surface area contributed by atoms with Crippen molar-refractivity contribution in [1.82, 2.24) is 0 Å². The molecule has 62 valence electrons. The normalized spacial score (nSPS) is 32.7. The molecule has 2 fully saturated rings. The smallest absolute Gasteiger partial charge is 0.309 e. The van der Waals surface area contributed by atoms with Crippen LogP contribution in [0.1, 0.15) is 38.5 Å². The molecule has 0 bridgehead atoms. The quantitative estimate of drug-likeness (QED) is 0.539. The molecule has 0 radical (unpaired) electrons. The van der Waals surface area contributed by atoms with Crippen LogP contribution >= 0.6 is 0 Å². The van der Waals surface area contributed by atoms with E-state index >= 15 is 0 Å². The third-order valence-corrected chi connectivity index (χ3v) is 2.83. The fourth-order valence-corrected chi connectivity index (χ4v) is 2.09. The van der Waals surface area contributed by atoms with Crippen LogP contribution in [-0.2, 0) is 9.53 Å². The van der Waals surface area contributed by atoms with Gasteiger partial charge in [0.05, 0.1) is 6.42 Å². The Morgan fingerprint density at radius 2 is 1.82 bits per heavy atom. The Hall–Kier alpha value is -0.530. The SMILES string of the molecule is O=C1C[C@@H](C2CCCCC2)O1. The van der Waals surface area contributed by atoms with Crippen molar-refractivity contribution in [1.29, 1.82) is 0 Å². The molecule has 1 aliphatic heterocycles. The van der Waals surface area contributed by atoms with E-state index in [1.807, 2.05) is 0 Å². The van der Waals surface area contributed by atoms with Crippen LogP contribution in [-0.4, -0.2) is 12.1 Å². The zero-order chi connectivity index (χ0) is 7.68. The lowest BCUT2D eigenvalue weighted by Crippen LogP contribution is -2.39. The van der Waals surface area contributed by atoms with Gasteiger partial charge < -0.3 is 4.74 Å². The highest BCUT2D eigenvalue weighted by Crippen LogP contribution is 2.33. The second-order valence-electron chi connectivity index (χ2n) is 3.63. The summed E-state index contributed by atoms with van der Waals surface area (Å²) in [6, 6.07) is 0. The number of ether oxygens (including phenoxy) is 1. The molecule has 0 amide bonds. The van der Waals surface area contributed by atoms with E-state index in [1.165, 1.54) is 32.1 Å². The Morgan fingerprint density at radius 1 is 1.18 bits per heavy atom. The van der Waals surface area contributed by atoms with E-state index in [2.05, 4.69) is 0 Å². The van der Waals surface area contributed by atoms with Crippen LogP contribution in [0.15, 0.2) is 0 Å². The van der Waals surface area contributed by atoms with E-state index in [0.29, 0.717) is 18.4 Å². The summed E-state index contributed by atoms with van der Waals surface area (Å²) < 4.78 is 5.04. The van der Waals surface area contributed by atoms with Crippen LogP contribution in [0.25, 0.3) is 0 Å². The van der Waals surface area contributed by atoms with Gasteiger partial charge in [0, 0.05) is 0 Å². The molecule has 0 unspecified atom stereocenters. The highest BCUT2D eigenvalue weighted by molar-refractivity contribution is 5.75. The molecule has 11 heavy (non-hydrogen) atoms. The van der Waals surface area contributed by atoms with E-state index in [-0.39, 0.29) is 5.97 Å². The lowest BCUT2D eigenvalue weighted by molar-refractivity contribution is -0.176. The van der Waals surface area contributed by atoms with Crippen molar-refractivity contribution in [3.8, 4) is 0 Å². The molecule has 2 nitrogen and oxygen atoms in total. The molecular formula is C9H14O2. The number of carbonyl (C=O) groups is 1. The first-order chi connectivity index (χ1) is 5.36. The molecule has 0 spiro atoms. The standard InChI is InChI=1S/C9H14O2/c10-9-6-8(11-9)7-4-2-1-3-5-7/h7-8H,1-6H2/t8-/m0/s1. The molecule has 2 heteroatoms. The molecule has 0 aromatic rings. The Morgan fingerprint density at radius 3 is 2.36 bits per heavy atom. The number of hydrogen-bond acceptors (Lipinski definition) is 2. The molecule has 1 aliphatic carbocycles. The van der Waals surface area contributed by atoms with E-state index < -0.39 is 0 Å². The molecule has 1 saturated carbocycles. The zero-order valence-corrected chi connectivity index (χ0v) is 6.71. The maximum absolute atomic E-state index is 10.5. The minimum Gasteiger partial charge on any atom is -0.461 e. The van der Waals surface area contributed by atoms with Crippen LogP contribution in [0.4, 0.5) is 0 Å². The predicted octanol–water partition coefficient (Wildman–Crippen LogP) is 1.88. The first kappa shape index (κ1) is 7.14. The van der Waals surface area contributed by atoms with Gasteiger partial charge in [0.15, 0.2) is 0 Å². The van der Waals surface area contributed by atoms with Crippen molar-refractivity contribution >= 4 is 5.97 Å². The van der Waals surface area contributed by atoms with E-state index in [4.69, 9.17) is 4.74 Å². The van der Waals surface area contributed by atoms with Crippen LogP contribution in [0, 0.1) is 5.92 Å². The van der Waals surface area contributed by atoms with Gasteiger partial charge in [-0.05, 0) is 18.8 Å². The van der Waals surface area contributed by atoms with Crippen molar-refractivity contribution in [2.45, 2.75) is 44.6 Å². The fourth-order valence-electron chi connectivity index (χ4n) is 2.09. The predicted molar refractivity (Wildman–Crippen MR) is 41.1 cm³/mol. The molecule has 0 N–H and O–H groups in total. The summed E-state index contributed by atoms with van der Waals surface area (Å²) in [6.45, 7) is 0. The van der Waals surface area contributed by atoms with Gasteiger partial charge in [0.2, 0.25) is 0 Å². The average Bonchev–Trinajstić information content (AvgIpc) is 2.01. The maximum atomic E-state index is 10.5. The summed E-state index contributed by atoms with van der Waals surface area (Å²) in [5.74, 6) is 0.696. The van der Waals surface area contributed by atoms with Gasteiger partial charge in [0.25, 0.3) is 0 Å². The van der Waals surface area contributed by atoms with Gasteiger partial charge in [-0.15, -0.1) is 0 Å². The fraction of sp³-hybridized carbons (Fsp3) is 0.889. The molecular weight excluding hydrogens is 140 g/mol. The first-order valence-electron chi connectivity index (χ1n) is 4.56. The second kappa shape index (κ2) is 2.84. The number of carbonyl (C=O) groups excluding carboxylic acids is 1. The number of cyclic esters (lactones) is 1.